The molecule has 3 heteroatoms. The Balaban J connectivity index is 2.73. The number of aryl methyl sites for hydroxylation is 1. The first-order valence-corrected chi connectivity index (χ1v) is 8.77. The Kier molecular flexibility index (Phi) is 5.51. The van der Waals surface area contributed by atoms with Gasteiger partial charge in [0.25, 0.3) is 5.56 Å². The SMILES string of the molecule is CCCCCn1c(=O)c(C(C)C)c(O)c2cc(C(C)C)ccc21. The molecule has 0 amide bonds. The summed E-state index contributed by atoms with van der Waals surface area (Å²) in [5.74, 6) is 0.558. The van der Waals surface area contributed by atoms with Crippen molar-refractivity contribution in [1.29, 1.82) is 0 Å². The minimum absolute atomic E-state index is 0.00651. The van der Waals surface area contributed by atoms with Crippen molar-refractivity contribution in [1.82, 2.24) is 4.57 Å². The molecule has 0 saturated carbocycles. The molecule has 0 saturated heterocycles. The van der Waals surface area contributed by atoms with E-state index in [-0.39, 0.29) is 17.2 Å². The zero-order valence-corrected chi connectivity index (χ0v) is 15.0. The molecule has 0 fully saturated rings. The lowest BCUT2D eigenvalue weighted by atomic mass is 9.96. The lowest BCUT2D eigenvalue weighted by Gasteiger charge is -2.18. The normalized spacial score (nSPS) is 11.8. The molecular formula is C20H29NO2. The number of nitrogens with zero attached hydrogens (tertiary/aromatic N) is 1. The van der Waals surface area contributed by atoms with Crippen molar-refractivity contribution >= 4 is 10.9 Å². The molecule has 126 valence electrons. The molecule has 0 atom stereocenters. The standard InChI is InChI=1S/C20H29NO2/c1-6-7-8-11-21-17-10-9-15(13(2)3)12-16(17)19(22)18(14(4)5)20(21)23/h9-10,12-14,22H,6-8,11H2,1-5H3. The number of aromatic nitrogens is 1. The van der Waals surface area contributed by atoms with Gasteiger partial charge in [-0.05, 0) is 36.0 Å². The van der Waals surface area contributed by atoms with E-state index in [9.17, 15) is 9.90 Å². The van der Waals surface area contributed by atoms with Gasteiger partial charge in [-0.2, -0.15) is 0 Å². The van der Waals surface area contributed by atoms with Gasteiger partial charge in [-0.25, -0.2) is 0 Å². The van der Waals surface area contributed by atoms with Gasteiger partial charge in [0.15, 0.2) is 0 Å². The molecule has 0 aliphatic heterocycles. The van der Waals surface area contributed by atoms with Crippen LogP contribution in [0.4, 0.5) is 0 Å². The molecule has 3 nitrogen and oxygen atoms in total. The minimum Gasteiger partial charge on any atom is -0.507 e. The lowest BCUT2D eigenvalue weighted by Crippen LogP contribution is -2.25. The van der Waals surface area contributed by atoms with Crippen molar-refractivity contribution < 1.29 is 5.11 Å². The van der Waals surface area contributed by atoms with Gasteiger partial charge in [0, 0.05) is 11.9 Å². The second-order valence-corrected chi connectivity index (χ2v) is 7.01. The number of rotatable bonds is 6. The second kappa shape index (κ2) is 7.20. The van der Waals surface area contributed by atoms with E-state index in [0.717, 1.165) is 30.2 Å². The predicted molar refractivity (Wildman–Crippen MR) is 97.6 cm³/mol. The van der Waals surface area contributed by atoms with Crippen molar-refractivity contribution in [2.45, 2.75) is 72.3 Å². The highest BCUT2D eigenvalue weighted by atomic mass is 16.3. The van der Waals surface area contributed by atoms with Crippen LogP contribution in [0.25, 0.3) is 10.9 Å². The summed E-state index contributed by atoms with van der Waals surface area (Å²) in [7, 11) is 0. The number of fused-ring (bicyclic) bond motifs is 1. The van der Waals surface area contributed by atoms with Crippen molar-refractivity contribution in [3.05, 3.63) is 39.7 Å². The summed E-state index contributed by atoms with van der Waals surface area (Å²) in [4.78, 5) is 12.9. The van der Waals surface area contributed by atoms with E-state index in [0.29, 0.717) is 18.0 Å². The molecular weight excluding hydrogens is 286 g/mol. The van der Waals surface area contributed by atoms with E-state index in [1.54, 1.807) is 0 Å². The van der Waals surface area contributed by atoms with Crippen LogP contribution < -0.4 is 5.56 Å². The molecule has 1 N–H and O–H groups in total. The van der Waals surface area contributed by atoms with Crippen LogP contribution in [0, 0.1) is 0 Å². The molecule has 1 heterocycles. The van der Waals surface area contributed by atoms with E-state index in [2.05, 4.69) is 26.8 Å². The van der Waals surface area contributed by atoms with Gasteiger partial charge in [0.05, 0.1) is 11.1 Å². The van der Waals surface area contributed by atoms with Crippen LogP contribution in [-0.4, -0.2) is 9.67 Å². The first-order chi connectivity index (χ1) is 10.9. The maximum Gasteiger partial charge on any atom is 0.258 e. The Morgan fingerprint density at radius 3 is 2.35 bits per heavy atom. The third kappa shape index (κ3) is 3.44. The fourth-order valence-corrected chi connectivity index (χ4v) is 3.10. The van der Waals surface area contributed by atoms with Gasteiger partial charge in [-0.1, -0.05) is 53.5 Å². The second-order valence-electron chi connectivity index (χ2n) is 7.01. The third-order valence-electron chi connectivity index (χ3n) is 4.53. The fourth-order valence-electron chi connectivity index (χ4n) is 3.10. The first-order valence-electron chi connectivity index (χ1n) is 8.77. The Hall–Kier alpha value is -1.77. The Labute approximate surface area is 139 Å². The van der Waals surface area contributed by atoms with Crippen molar-refractivity contribution in [2.75, 3.05) is 0 Å². The molecule has 0 aliphatic carbocycles. The molecule has 0 spiro atoms. The van der Waals surface area contributed by atoms with Crippen LogP contribution in [0.2, 0.25) is 0 Å². The predicted octanol–water partition coefficient (Wildman–Crippen LogP) is 5.14. The molecule has 1 aromatic carbocycles. The topological polar surface area (TPSA) is 42.2 Å². The van der Waals surface area contributed by atoms with E-state index in [1.807, 2.05) is 30.5 Å². The zero-order valence-electron chi connectivity index (χ0n) is 15.0. The largest absolute Gasteiger partial charge is 0.507 e. The molecule has 1 aromatic heterocycles. The molecule has 0 bridgehead atoms. The van der Waals surface area contributed by atoms with Gasteiger partial charge in [-0.3, -0.25) is 4.79 Å². The molecule has 2 rings (SSSR count). The molecule has 0 radical (unpaired) electrons. The molecule has 0 unspecified atom stereocenters. The van der Waals surface area contributed by atoms with Gasteiger partial charge in [0.2, 0.25) is 0 Å². The Morgan fingerprint density at radius 2 is 1.78 bits per heavy atom. The van der Waals surface area contributed by atoms with Crippen molar-refractivity contribution in [3.8, 4) is 5.75 Å². The highest BCUT2D eigenvalue weighted by Gasteiger charge is 2.19. The zero-order chi connectivity index (χ0) is 17.1. The van der Waals surface area contributed by atoms with E-state index < -0.39 is 0 Å². The minimum atomic E-state index is -0.0431. The summed E-state index contributed by atoms with van der Waals surface area (Å²) in [6, 6.07) is 6.09. The lowest BCUT2D eigenvalue weighted by molar-refractivity contribution is 0.465. The summed E-state index contributed by atoms with van der Waals surface area (Å²) >= 11 is 0. The summed E-state index contributed by atoms with van der Waals surface area (Å²) in [6.07, 6.45) is 3.22. The average Bonchev–Trinajstić information content (AvgIpc) is 2.50. The number of hydrogen-bond donors (Lipinski definition) is 1. The summed E-state index contributed by atoms with van der Waals surface area (Å²) < 4.78 is 1.85. The number of aromatic hydroxyl groups is 1. The first kappa shape index (κ1) is 17.6. The Morgan fingerprint density at radius 1 is 1.09 bits per heavy atom. The fraction of sp³-hybridized carbons (Fsp3) is 0.550. The van der Waals surface area contributed by atoms with Crippen molar-refractivity contribution in [3.63, 3.8) is 0 Å². The number of hydrogen-bond acceptors (Lipinski definition) is 2. The van der Waals surface area contributed by atoms with Gasteiger partial charge >= 0.3 is 0 Å². The van der Waals surface area contributed by atoms with Crippen molar-refractivity contribution in [2.24, 2.45) is 0 Å². The van der Waals surface area contributed by atoms with E-state index in [1.165, 1.54) is 5.56 Å². The number of benzene rings is 1. The molecule has 0 aliphatic rings. The molecule has 23 heavy (non-hydrogen) atoms. The monoisotopic (exact) mass is 315 g/mol. The average molecular weight is 315 g/mol. The smallest absolute Gasteiger partial charge is 0.258 e. The maximum absolute atomic E-state index is 12.9. The van der Waals surface area contributed by atoms with Crippen LogP contribution in [0.1, 0.15) is 76.8 Å². The summed E-state index contributed by atoms with van der Waals surface area (Å²) in [5.41, 5.74) is 2.52. The van der Waals surface area contributed by atoms with Gasteiger partial charge in [-0.15, -0.1) is 0 Å². The quantitative estimate of drug-likeness (QED) is 0.750. The summed E-state index contributed by atoms with van der Waals surface area (Å²) in [6.45, 7) is 11.1. The Bertz CT molecular complexity index is 741. The van der Waals surface area contributed by atoms with E-state index >= 15 is 0 Å². The third-order valence-corrected chi connectivity index (χ3v) is 4.53. The van der Waals surface area contributed by atoms with E-state index in [4.69, 9.17) is 0 Å². The summed E-state index contributed by atoms with van der Waals surface area (Å²) in [5, 5.41) is 11.5. The van der Waals surface area contributed by atoms with Crippen LogP contribution in [0.3, 0.4) is 0 Å². The van der Waals surface area contributed by atoms with Gasteiger partial charge in [0.1, 0.15) is 5.75 Å². The maximum atomic E-state index is 12.9. The highest BCUT2D eigenvalue weighted by molar-refractivity contribution is 5.87. The van der Waals surface area contributed by atoms with Crippen LogP contribution in [-0.2, 0) is 6.54 Å². The highest BCUT2D eigenvalue weighted by Crippen LogP contribution is 2.32. The molecule has 2 aromatic rings. The van der Waals surface area contributed by atoms with Crippen LogP contribution in [0.15, 0.2) is 23.0 Å². The number of unbranched alkanes of at least 4 members (excludes halogenated alkanes) is 2. The van der Waals surface area contributed by atoms with Crippen LogP contribution in [0.5, 0.6) is 5.75 Å². The number of pyridine rings is 1. The van der Waals surface area contributed by atoms with Gasteiger partial charge < -0.3 is 9.67 Å². The van der Waals surface area contributed by atoms with Crippen LogP contribution >= 0.6 is 0 Å².